The lowest BCUT2D eigenvalue weighted by atomic mass is 10.2. The molecule has 0 aliphatic heterocycles. The maximum atomic E-state index is 4.29. The molecule has 0 fully saturated rings. The molecular weight excluding hydrogens is 242 g/mol. The predicted molar refractivity (Wildman–Crippen MR) is 75.8 cm³/mol. The molecule has 3 aromatic heterocycles. The lowest BCUT2D eigenvalue weighted by Gasteiger charge is -2.02. The summed E-state index contributed by atoms with van der Waals surface area (Å²) in [6.45, 7) is 1.89. The molecule has 0 spiro atoms. The van der Waals surface area contributed by atoms with E-state index in [-0.39, 0.29) is 0 Å². The van der Waals surface area contributed by atoms with E-state index >= 15 is 0 Å². The van der Waals surface area contributed by atoms with Crippen LogP contribution in [0.5, 0.6) is 0 Å². The molecule has 0 saturated carbocycles. The Labute approximate surface area is 110 Å². The second-order valence-corrected chi connectivity index (χ2v) is 5.05. The summed E-state index contributed by atoms with van der Waals surface area (Å²) in [5.41, 5.74) is 3.66. The van der Waals surface area contributed by atoms with E-state index in [9.17, 15) is 0 Å². The summed E-state index contributed by atoms with van der Waals surface area (Å²) in [7, 11) is 0. The monoisotopic (exact) mass is 257 g/mol. The second kappa shape index (κ2) is 5.33. The molecule has 0 aliphatic carbocycles. The molecule has 0 unspecified atom stereocenters. The Morgan fingerprint density at radius 2 is 2.33 bits per heavy atom. The van der Waals surface area contributed by atoms with Gasteiger partial charge in [0.1, 0.15) is 5.65 Å². The molecule has 0 amide bonds. The van der Waals surface area contributed by atoms with Crippen LogP contribution in [-0.2, 0) is 13.0 Å². The zero-order chi connectivity index (χ0) is 12.2. The number of hydrogen-bond donors (Lipinski definition) is 2. The van der Waals surface area contributed by atoms with Crippen LogP contribution in [0.3, 0.4) is 0 Å². The second-order valence-electron chi connectivity index (χ2n) is 4.27. The lowest BCUT2D eigenvalue weighted by Crippen LogP contribution is -2.16. The standard InChI is InChI=1S/C14H15N3S/c1-2-13-12(9-17-14(13)16-5-1)8-15-6-3-11-4-7-18-10-11/h1-2,4-5,7,9-10,15H,3,6,8H2,(H,16,17). The molecule has 0 bridgehead atoms. The number of nitrogens with zero attached hydrogens (tertiary/aromatic N) is 1. The quantitative estimate of drug-likeness (QED) is 0.690. The Kier molecular flexibility index (Phi) is 3.39. The van der Waals surface area contributed by atoms with E-state index in [4.69, 9.17) is 0 Å². The molecule has 4 heteroatoms. The fourth-order valence-electron chi connectivity index (χ4n) is 2.05. The Hall–Kier alpha value is -1.65. The number of aromatic amines is 1. The first-order chi connectivity index (χ1) is 8.93. The fourth-order valence-corrected chi connectivity index (χ4v) is 2.75. The largest absolute Gasteiger partial charge is 0.346 e. The SMILES string of the molecule is c1cnc2[nH]cc(CNCCc3ccsc3)c2c1. The number of nitrogens with one attached hydrogen (secondary N) is 2. The average Bonchev–Trinajstić information content (AvgIpc) is 3.04. The Morgan fingerprint density at radius 3 is 3.22 bits per heavy atom. The van der Waals surface area contributed by atoms with E-state index in [0.29, 0.717) is 0 Å². The van der Waals surface area contributed by atoms with E-state index in [2.05, 4.69) is 38.2 Å². The van der Waals surface area contributed by atoms with Crippen LogP contribution in [0.15, 0.2) is 41.4 Å². The highest BCUT2D eigenvalue weighted by molar-refractivity contribution is 7.07. The van der Waals surface area contributed by atoms with E-state index in [1.807, 2.05) is 18.5 Å². The molecule has 3 aromatic rings. The van der Waals surface area contributed by atoms with Crippen LogP contribution in [0.1, 0.15) is 11.1 Å². The molecule has 92 valence electrons. The van der Waals surface area contributed by atoms with Crippen molar-refractivity contribution in [2.75, 3.05) is 6.54 Å². The third kappa shape index (κ3) is 2.44. The minimum Gasteiger partial charge on any atom is -0.346 e. The summed E-state index contributed by atoms with van der Waals surface area (Å²) in [5, 5.41) is 9.02. The van der Waals surface area contributed by atoms with Gasteiger partial charge in [-0.1, -0.05) is 0 Å². The molecule has 0 aromatic carbocycles. The van der Waals surface area contributed by atoms with Crippen LogP contribution in [0.2, 0.25) is 0 Å². The first-order valence-corrected chi connectivity index (χ1v) is 7.00. The van der Waals surface area contributed by atoms with E-state index in [1.165, 1.54) is 16.5 Å². The van der Waals surface area contributed by atoms with Gasteiger partial charge in [0, 0.05) is 24.3 Å². The van der Waals surface area contributed by atoms with E-state index in [1.54, 1.807) is 11.3 Å². The Balaban J connectivity index is 1.57. The van der Waals surface area contributed by atoms with Gasteiger partial charge in [-0.3, -0.25) is 0 Å². The number of aromatic nitrogens is 2. The summed E-state index contributed by atoms with van der Waals surface area (Å²) in [4.78, 5) is 7.48. The summed E-state index contributed by atoms with van der Waals surface area (Å²) in [6, 6.07) is 6.27. The van der Waals surface area contributed by atoms with Crippen molar-refractivity contribution in [2.45, 2.75) is 13.0 Å². The predicted octanol–water partition coefficient (Wildman–Crippen LogP) is 2.96. The van der Waals surface area contributed by atoms with Gasteiger partial charge in [0.25, 0.3) is 0 Å². The number of fused-ring (bicyclic) bond motifs is 1. The van der Waals surface area contributed by atoms with Crippen LogP contribution in [0, 0.1) is 0 Å². The van der Waals surface area contributed by atoms with Crippen molar-refractivity contribution in [3.05, 3.63) is 52.5 Å². The highest BCUT2D eigenvalue weighted by Gasteiger charge is 2.02. The Bertz CT molecular complexity index is 613. The van der Waals surface area contributed by atoms with Crippen molar-refractivity contribution in [1.82, 2.24) is 15.3 Å². The maximum Gasteiger partial charge on any atom is 0.137 e. The summed E-state index contributed by atoms with van der Waals surface area (Å²) < 4.78 is 0. The average molecular weight is 257 g/mol. The van der Waals surface area contributed by atoms with Crippen molar-refractivity contribution in [3.63, 3.8) is 0 Å². The molecule has 3 rings (SSSR count). The van der Waals surface area contributed by atoms with Gasteiger partial charge >= 0.3 is 0 Å². The molecule has 3 nitrogen and oxygen atoms in total. The highest BCUT2D eigenvalue weighted by atomic mass is 32.1. The molecule has 0 atom stereocenters. The summed E-state index contributed by atoms with van der Waals surface area (Å²) >= 11 is 1.76. The van der Waals surface area contributed by atoms with Crippen LogP contribution in [0.25, 0.3) is 11.0 Å². The highest BCUT2D eigenvalue weighted by Crippen LogP contribution is 2.15. The number of H-pyrrole nitrogens is 1. The molecule has 2 N–H and O–H groups in total. The van der Waals surface area contributed by atoms with Crippen molar-refractivity contribution in [2.24, 2.45) is 0 Å². The molecule has 0 saturated heterocycles. The fraction of sp³-hybridized carbons (Fsp3) is 0.214. The topological polar surface area (TPSA) is 40.7 Å². The van der Waals surface area contributed by atoms with Crippen LogP contribution >= 0.6 is 11.3 Å². The first kappa shape index (κ1) is 11.4. The Morgan fingerprint density at radius 1 is 1.33 bits per heavy atom. The zero-order valence-corrected chi connectivity index (χ0v) is 10.8. The first-order valence-electron chi connectivity index (χ1n) is 6.06. The van der Waals surface area contributed by atoms with Crippen molar-refractivity contribution in [1.29, 1.82) is 0 Å². The van der Waals surface area contributed by atoms with Crippen LogP contribution < -0.4 is 5.32 Å². The molecule has 0 radical (unpaired) electrons. The van der Waals surface area contributed by atoms with Crippen molar-refractivity contribution in [3.8, 4) is 0 Å². The van der Waals surface area contributed by atoms with Gasteiger partial charge in [-0.25, -0.2) is 4.98 Å². The van der Waals surface area contributed by atoms with Crippen molar-refractivity contribution < 1.29 is 0 Å². The van der Waals surface area contributed by atoms with Gasteiger partial charge < -0.3 is 10.3 Å². The number of pyridine rings is 1. The smallest absolute Gasteiger partial charge is 0.137 e. The van der Waals surface area contributed by atoms with Gasteiger partial charge in [0.05, 0.1) is 0 Å². The third-order valence-corrected chi connectivity index (χ3v) is 3.75. The minimum absolute atomic E-state index is 0.885. The van der Waals surface area contributed by atoms with Gasteiger partial charge in [0.2, 0.25) is 0 Å². The third-order valence-electron chi connectivity index (χ3n) is 3.02. The van der Waals surface area contributed by atoms with Crippen LogP contribution in [-0.4, -0.2) is 16.5 Å². The maximum absolute atomic E-state index is 4.29. The molecule has 3 heterocycles. The molecule has 18 heavy (non-hydrogen) atoms. The van der Waals surface area contributed by atoms with Gasteiger partial charge in [-0.15, -0.1) is 0 Å². The lowest BCUT2D eigenvalue weighted by molar-refractivity contribution is 0.690. The summed E-state index contributed by atoms with van der Waals surface area (Å²) in [6.07, 6.45) is 4.94. The zero-order valence-electron chi connectivity index (χ0n) is 10.0. The van der Waals surface area contributed by atoms with E-state index < -0.39 is 0 Å². The van der Waals surface area contributed by atoms with Crippen LogP contribution in [0.4, 0.5) is 0 Å². The van der Waals surface area contributed by atoms with Gasteiger partial charge in [-0.05, 0) is 53.1 Å². The number of hydrogen-bond acceptors (Lipinski definition) is 3. The van der Waals surface area contributed by atoms with Gasteiger partial charge in [-0.2, -0.15) is 11.3 Å². The number of thiophene rings is 1. The number of rotatable bonds is 5. The van der Waals surface area contributed by atoms with Crippen molar-refractivity contribution >= 4 is 22.4 Å². The normalized spacial score (nSPS) is 11.1. The summed E-state index contributed by atoms with van der Waals surface area (Å²) in [5.74, 6) is 0. The molecular formula is C14H15N3S. The van der Waals surface area contributed by atoms with Gasteiger partial charge in [0.15, 0.2) is 0 Å². The minimum atomic E-state index is 0.885. The molecule has 0 aliphatic rings. The van der Waals surface area contributed by atoms with E-state index in [0.717, 1.165) is 25.2 Å².